The number of cyclic esters (lactones) is 1. The average Bonchev–Trinajstić information content (AvgIpc) is 3.51. The fourth-order valence-electron chi connectivity index (χ4n) is 7.89. The highest BCUT2D eigenvalue weighted by Crippen LogP contribution is 2.42. The van der Waals surface area contributed by atoms with Crippen LogP contribution in [0.25, 0.3) is 33.3 Å². The lowest BCUT2D eigenvalue weighted by Gasteiger charge is -2.26. The molecule has 5 aromatic rings. The number of hydrogen-bond donors (Lipinski definition) is 3. The van der Waals surface area contributed by atoms with Gasteiger partial charge in [0.2, 0.25) is 5.91 Å². The Balaban J connectivity index is 1.46. The Kier molecular flexibility index (Phi) is 13.3. The van der Waals surface area contributed by atoms with Crippen molar-refractivity contribution in [3.63, 3.8) is 0 Å². The van der Waals surface area contributed by atoms with Gasteiger partial charge in [-0.3, -0.25) is 29.4 Å². The van der Waals surface area contributed by atoms with Crippen LogP contribution in [0, 0.1) is 11.3 Å². The number of amides is 2. The summed E-state index contributed by atoms with van der Waals surface area (Å²) in [5.74, 6) is 4.85. The number of esters is 1. The van der Waals surface area contributed by atoms with Gasteiger partial charge in [0.15, 0.2) is 0 Å². The zero-order chi connectivity index (χ0) is 41.6. The third-order valence-electron chi connectivity index (χ3n) is 11.0. The molecule has 2 amide bonds. The van der Waals surface area contributed by atoms with Crippen molar-refractivity contribution in [3.8, 4) is 28.1 Å². The number of carbonyl (C=O) groups is 3. The third-order valence-corrected chi connectivity index (χ3v) is 11.0. The highest BCUT2D eigenvalue weighted by Gasteiger charge is 2.30. The Bertz CT molecular complexity index is 2250. The number of nitrogens with one attached hydrogen (secondary N) is 1. The van der Waals surface area contributed by atoms with E-state index in [9.17, 15) is 19.5 Å². The fourth-order valence-corrected chi connectivity index (χ4v) is 7.89. The summed E-state index contributed by atoms with van der Waals surface area (Å²) in [6, 6.07) is 18.3. The Hall–Kier alpha value is -5.59. The monoisotopic (exact) mass is 788 g/mol. The number of rotatable bonds is 8. The number of carbonyl (C=O) groups excluding carboxylic acids is 3. The number of nitrogens with zero attached hydrogens (tertiary/aromatic N) is 4. The van der Waals surface area contributed by atoms with Crippen molar-refractivity contribution < 1.29 is 29.0 Å². The van der Waals surface area contributed by atoms with Crippen molar-refractivity contribution in [2.24, 2.45) is 17.2 Å². The summed E-state index contributed by atoms with van der Waals surface area (Å²) in [4.78, 5) is 49.5. The number of fused-ring (bicyclic) bond motifs is 4. The molecule has 4 heterocycles. The van der Waals surface area contributed by atoms with Gasteiger partial charge in [0.1, 0.15) is 11.8 Å². The number of benzene rings is 2. The number of ether oxygens (including phenoxy) is 2. The number of phenolic OH excluding ortho intramolecular Hbond substituents is 1. The summed E-state index contributed by atoms with van der Waals surface area (Å²) in [7, 11) is 1.68. The zero-order valence-corrected chi connectivity index (χ0v) is 34.5. The summed E-state index contributed by atoms with van der Waals surface area (Å²) in [6.07, 6.45) is 7.14. The van der Waals surface area contributed by atoms with E-state index >= 15 is 0 Å². The highest BCUT2D eigenvalue weighted by atomic mass is 16.5. The number of methoxy groups -OCH3 is 1. The molecule has 1 aliphatic rings. The molecule has 1 unspecified atom stereocenters. The highest BCUT2D eigenvalue weighted by molar-refractivity contribution is 5.95. The van der Waals surface area contributed by atoms with Crippen LogP contribution in [-0.4, -0.2) is 68.7 Å². The van der Waals surface area contributed by atoms with Gasteiger partial charge < -0.3 is 24.5 Å². The quantitative estimate of drug-likeness (QED) is 0.0846. The summed E-state index contributed by atoms with van der Waals surface area (Å²) >= 11 is 0. The number of hydrazine groups is 1. The van der Waals surface area contributed by atoms with Crippen LogP contribution < -0.4 is 11.2 Å². The Morgan fingerprint density at radius 1 is 1.05 bits per heavy atom. The van der Waals surface area contributed by atoms with Gasteiger partial charge >= 0.3 is 5.97 Å². The molecule has 3 aromatic heterocycles. The molecule has 4 bridgehead atoms. The Morgan fingerprint density at radius 2 is 1.83 bits per heavy atom. The lowest BCUT2D eigenvalue weighted by molar-refractivity contribution is -0.146. The number of nitrogens with two attached hydrogens (primary N) is 1. The van der Waals surface area contributed by atoms with Crippen molar-refractivity contribution in [2.45, 2.75) is 91.8 Å². The van der Waals surface area contributed by atoms with Crippen molar-refractivity contribution in [2.75, 3.05) is 20.3 Å². The number of phenols is 1. The van der Waals surface area contributed by atoms with Crippen LogP contribution in [0.5, 0.6) is 5.75 Å². The van der Waals surface area contributed by atoms with Crippen molar-refractivity contribution in [3.05, 3.63) is 102 Å². The largest absolute Gasteiger partial charge is 0.508 e. The summed E-state index contributed by atoms with van der Waals surface area (Å²) in [6.45, 7) is 11.2. The summed E-state index contributed by atoms with van der Waals surface area (Å²) in [5.41, 5.74) is 7.71. The molecule has 0 spiro atoms. The predicted octanol–water partition coefficient (Wildman–Crippen LogP) is 7.10. The number of aromatic nitrogens is 3. The minimum Gasteiger partial charge on any atom is -0.508 e. The number of aromatic hydroxyl groups is 1. The molecule has 0 saturated heterocycles. The first-order valence-corrected chi connectivity index (χ1v) is 20.2. The van der Waals surface area contributed by atoms with E-state index < -0.39 is 23.3 Å². The van der Waals surface area contributed by atoms with Gasteiger partial charge in [-0.2, -0.15) is 0 Å². The molecule has 0 saturated carbocycles. The average molecular weight is 789 g/mol. The fraction of sp³-hybridized carbons (Fsp3) is 0.413. The second kappa shape index (κ2) is 18.3. The lowest BCUT2D eigenvalue weighted by Crippen LogP contribution is -2.53. The van der Waals surface area contributed by atoms with E-state index in [2.05, 4.69) is 53.8 Å². The van der Waals surface area contributed by atoms with E-state index in [-0.39, 0.29) is 49.7 Å². The molecule has 306 valence electrons. The third kappa shape index (κ3) is 9.74. The van der Waals surface area contributed by atoms with Gasteiger partial charge in [0.25, 0.3) is 5.91 Å². The van der Waals surface area contributed by atoms with Crippen LogP contribution in [0.3, 0.4) is 0 Å². The van der Waals surface area contributed by atoms with Crippen LogP contribution in [0.4, 0.5) is 0 Å². The van der Waals surface area contributed by atoms with Crippen molar-refractivity contribution in [1.29, 1.82) is 0 Å². The molecule has 0 aliphatic carbocycles. The molecule has 12 nitrogen and oxygen atoms in total. The van der Waals surface area contributed by atoms with Gasteiger partial charge in [0, 0.05) is 79.4 Å². The van der Waals surface area contributed by atoms with E-state index in [4.69, 9.17) is 20.3 Å². The van der Waals surface area contributed by atoms with E-state index in [0.717, 1.165) is 55.1 Å². The Morgan fingerprint density at radius 3 is 2.57 bits per heavy atom. The molecule has 6 rings (SSSR count). The van der Waals surface area contributed by atoms with Crippen LogP contribution in [0.1, 0.15) is 82.4 Å². The first-order chi connectivity index (χ1) is 27.8. The van der Waals surface area contributed by atoms with Gasteiger partial charge in [-0.1, -0.05) is 32.9 Å². The smallest absolute Gasteiger partial charge is 0.305 e. The Labute approximate surface area is 340 Å². The van der Waals surface area contributed by atoms with Gasteiger partial charge in [-0.15, -0.1) is 0 Å². The van der Waals surface area contributed by atoms with Crippen molar-refractivity contribution >= 4 is 28.7 Å². The number of hydrogen-bond acceptors (Lipinski definition) is 9. The second-order valence-electron chi connectivity index (χ2n) is 16.2. The standard InChI is InChI=1S/C46H56N6O6/c1-7-51-40-14-13-33-26-37(40)38(43(51)36-11-10-17-49-42(36)30(3)57-6)27-46(4,5)28-58-41(54)12-8-9-20-52(47)45(56)39(24-32-22-34(33)25-35(53)23-32)50-44(55)29(2)21-31-15-18-48-19-16-31/h10-11,13-19,22-23,25-26,29-30,39,53H,7-9,12,20-21,24,27-28,47H2,1-6H3,(H,50,55)/t29?,30-,39-/m0/s1. The molecule has 2 aromatic carbocycles. The minimum absolute atomic E-state index is 0.0338. The maximum Gasteiger partial charge on any atom is 0.305 e. The maximum absolute atomic E-state index is 14.0. The number of pyridine rings is 2. The molecule has 3 atom stereocenters. The van der Waals surface area contributed by atoms with Gasteiger partial charge in [0.05, 0.1) is 24.1 Å². The van der Waals surface area contributed by atoms with Crippen molar-refractivity contribution in [1.82, 2.24) is 24.9 Å². The van der Waals surface area contributed by atoms with Gasteiger partial charge in [-0.05, 0) is 116 Å². The first-order valence-electron chi connectivity index (χ1n) is 20.2. The summed E-state index contributed by atoms with van der Waals surface area (Å²) < 4.78 is 14.0. The number of aryl methyl sites for hydroxylation is 1. The molecule has 12 heteroatoms. The minimum atomic E-state index is -1.01. The summed E-state index contributed by atoms with van der Waals surface area (Å²) in [5, 5.41) is 16.2. The molecule has 0 radical (unpaired) electrons. The van der Waals surface area contributed by atoms with Gasteiger partial charge in [-0.25, -0.2) is 5.84 Å². The topological polar surface area (TPSA) is 162 Å². The maximum atomic E-state index is 14.0. The second-order valence-corrected chi connectivity index (χ2v) is 16.2. The van der Waals surface area contributed by atoms with E-state index in [0.29, 0.717) is 37.8 Å². The van der Waals surface area contributed by atoms with Crippen LogP contribution in [0.15, 0.2) is 79.3 Å². The van der Waals surface area contributed by atoms with E-state index in [1.807, 2.05) is 44.2 Å². The molecule has 4 N–H and O–H groups in total. The zero-order valence-electron chi connectivity index (χ0n) is 34.5. The molecule has 0 fully saturated rings. The molecule has 1 aliphatic heterocycles. The van der Waals surface area contributed by atoms with Crippen LogP contribution in [-0.2, 0) is 49.7 Å². The molecular formula is C46H56N6O6. The first kappa shape index (κ1) is 42.0. The van der Waals surface area contributed by atoms with Crippen LogP contribution in [0.2, 0.25) is 0 Å². The normalized spacial score (nSPS) is 17.8. The molecule has 58 heavy (non-hydrogen) atoms. The predicted molar refractivity (Wildman–Crippen MR) is 224 cm³/mol. The molecular weight excluding hydrogens is 733 g/mol. The van der Waals surface area contributed by atoms with E-state index in [1.165, 1.54) is 0 Å². The SMILES string of the molecule is CCn1c(-c2cccnc2[C@H](C)OC)c2c3cc(ccc31)-c1cc(O)cc(c1)C[C@H](NC(=O)C(C)Cc1ccncc1)C(=O)N(N)CCCCC(=O)OCC(C)(C)C2. The van der Waals surface area contributed by atoms with Crippen LogP contribution >= 0.6 is 0 Å². The lowest BCUT2D eigenvalue weighted by atomic mass is 9.84. The van der Waals surface area contributed by atoms with E-state index in [1.54, 1.807) is 37.8 Å².